The van der Waals surface area contributed by atoms with Gasteiger partial charge in [-0.1, -0.05) is 24.6 Å². The molecule has 0 radical (unpaired) electrons. The Morgan fingerprint density at radius 2 is 2.09 bits per heavy atom. The fraction of sp³-hybridized carbons (Fsp3) is 0.423. The predicted molar refractivity (Wildman–Crippen MR) is 133 cm³/mol. The lowest BCUT2D eigenvalue weighted by Crippen LogP contribution is -2.46. The fourth-order valence-corrected chi connectivity index (χ4v) is 5.24. The van der Waals surface area contributed by atoms with Crippen molar-refractivity contribution >= 4 is 40.1 Å². The molecule has 0 unspecified atom stereocenters. The molecule has 2 aliphatic rings. The molecule has 2 fully saturated rings. The summed E-state index contributed by atoms with van der Waals surface area (Å²) in [5.74, 6) is -0.0786. The van der Waals surface area contributed by atoms with Crippen molar-refractivity contribution in [2.45, 2.75) is 45.8 Å². The zero-order chi connectivity index (χ0) is 24.7. The van der Waals surface area contributed by atoms with Crippen molar-refractivity contribution in [3.05, 3.63) is 46.7 Å². The minimum atomic E-state index is -0.534. The number of benzene rings is 2. The molecule has 7 nitrogen and oxygen atoms in total. The molecule has 3 heterocycles. The van der Waals surface area contributed by atoms with Crippen LogP contribution in [0.1, 0.15) is 31.7 Å². The van der Waals surface area contributed by atoms with E-state index < -0.39 is 5.82 Å². The average molecular weight is 499 g/mol. The number of fused-ring (bicyclic) bond motifs is 1. The highest BCUT2D eigenvalue weighted by Crippen LogP contribution is 2.37. The molecule has 0 saturated carbocycles. The van der Waals surface area contributed by atoms with Crippen LogP contribution in [0.3, 0.4) is 0 Å². The van der Waals surface area contributed by atoms with Gasteiger partial charge in [-0.05, 0) is 43.2 Å². The van der Waals surface area contributed by atoms with Crippen molar-refractivity contribution in [2.75, 3.05) is 31.1 Å². The van der Waals surface area contributed by atoms with Gasteiger partial charge in [0.25, 0.3) is 0 Å². The highest BCUT2D eigenvalue weighted by molar-refractivity contribution is 6.33. The smallest absolute Gasteiger partial charge is 0.227 e. The van der Waals surface area contributed by atoms with E-state index in [1.165, 1.54) is 6.07 Å². The summed E-state index contributed by atoms with van der Waals surface area (Å²) in [6.45, 7) is 6.25. The van der Waals surface area contributed by atoms with Gasteiger partial charge in [-0.15, -0.1) is 0 Å². The van der Waals surface area contributed by atoms with E-state index in [9.17, 15) is 9.59 Å². The molecule has 9 heteroatoms. The third-order valence-electron chi connectivity index (χ3n) is 6.72. The van der Waals surface area contributed by atoms with Crippen molar-refractivity contribution in [1.82, 2.24) is 14.5 Å². The molecule has 0 spiro atoms. The summed E-state index contributed by atoms with van der Waals surface area (Å²) in [5.41, 5.74) is 3.25. The van der Waals surface area contributed by atoms with Crippen LogP contribution in [0, 0.1) is 12.7 Å². The number of rotatable bonds is 5. The Bertz CT molecular complexity index is 1280. The molecule has 2 aliphatic heterocycles. The maximum atomic E-state index is 15.6. The summed E-state index contributed by atoms with van der Waals surface area (Å²) < 4.78 is 23.5. The molecule has 184 valence electrons. The molecule has 0 aliphatic carbocycles. The maximum Gasteiger partial charge on any atom is 0.227 e. The standard InChI is InChI=1S/C26H28ClFN4O3/c1-3-23(33)30-9-10-35-18(14-30)15-32-22-7-6-16(2)11-21(22)29-26(32)25-19(27)12-17(13-20(25)28)31-8-4-5-24(31)34/h6-7,11-13,18H,3-5,8-10,14-15H2,1-2H3/t18-/m1/s1. The third kappa shape index (κ3) is 4.52. The monoisotopic (exact) mass is 498 g/mol. The van der Waals surface area contributed by atoms with Crippen LogP contribution in [0.15, 0.2) is 30.3 Å². The van der Waals surface area contributed by atoms with E-state index in [0.717, 1.165) is 23.0 Å². The first-order valence-corrected chi connectivity index (χ1v) is 12.4. The number of imidazole rings is 1. The minimum absolute atomic E-state index is 0.0310. The van der Waals surface area contributed by atoms with Gasteiger partial charge in [0.05, 0.1) is 40.9 Å². The van der Waals surface area contributed by atoms with E-state index >= 15 is 4.39 Å². The Morgan fingerprint density at radius 1 is 1.26 bits per heavy atom. The number of aryl methyl sites for hydroxylation is 1. The Balaban J connectivity index is 1.56. The van der Waals surface area contributed by atoms with Crippen molar-refractivity contribution in [2.24, 2.45) is 0 Å². The molecular formula is C26H28ClFN4O3. The highest BCUT2D eigenvalue weighted by atomic mass is 35.5. The molecular weight excluding hydrogens is 471 g/mol. The van der Waals surface area contributed by atoms with E-state index in [0.29, 0.717) is 57.1 Å². The maximum absolute atomic E-state index is 15.6. The van der Waals surface area contributed by atoms with Crippen molar-refractivity contribution < 1.29 is 18.7 Å². The predicted octanol–water partition coefficient (Wildman–Crippen LogP) is 4.57. The zero-order valence-corrected chi connectivity index (χ0v) is 20.6. The third-order valence-corrected chi connectivity index (χ3v) is 7.02. The molecule has 5 rings (SSSR count). The first-order chi connectivity index (χ1) is 16.9. The van der Waals surface area contributed by atoms with E-state index in [4.69, 9.17) is 21.3 Å². The molecule has 1 aromatic heterocycles. The largest absolute Gasteiger partial charge is 0.373 e. The molecule has 2 saturated heterocycles. The SMILES string of the molecule is CCC(=O)N1CCO[C@@H](Cn2c(-c3c(F)cc(N4CCCC4=O)cc3Cl)nc3cc(C)ccc32)C1. The number of nitrogens with zero attached hydrogens (tertiary/aromatic N) is 4. The van der Waals surface area contributed by atoms with Crippen molar-refractivity contribution in [1.29, 1.82) is 0 Å². The van der Waals surface area contributed by atoms with Gasteiger partial charge in [-0.2, -0.15) is 0 Å². The summed E-state index contributed by atoms with van der Waals surface area (Å²) in [6.07, 6.45) is 1.38. The van der Waals surface area contributed by atoms with Crippen LogP contribution < -0.4 is 4.90 Å². The van der Waals surface area contributed by atoms with Crippen LogP contribution in [0.5, 0.6) is 0 Å². The fourth-order valence-electron chi connectivity index (χ4n) is 4.95. The molecule has 35 heavy (non-hydrogen) atoms. The number of amides is 2. The Kier molecular flexibility index (Phi) is 6.51. The van der Waals surface area contributed by atoms with Gasteiger partial charge in [-0.3, -0.25) is 9.59 Å². The Labute approximate surface area is 208 Å². The van der Waals surface area contributed by atoms with E-state index in [1.54, 1.807) is 11.0 Å². The zero-order valence-electron chi connectivity index (χ0n) is 19.9. The number of hydrogen-bond acceptors (Lipinski definition) is 4. The van der Waals surface area contributed by atoms with Crippen LogP contribution in [0.25, 0.3) is 22.4 Å². The summed E-state index contributed by atoms with van der Waals surface area (Å²) >= 11 is 6.64. The van der Waals surface area contributed by atoms with Crippen LogP contribution >= 0.6 is 11.6 Å². The summed E-state index contributed by atoms with van der Waals surface area (Å²) in [7, 11) is 0. The number of hydrogen-bond donors (Lipinski definition) is 0. The molecule has 0 N–H and O–H groups in total. The Hall–Kier alpha value is -2.97. The lowest BCUT2D eigenvalue weighted by Gasteiger charge is -2.33. The van der Waals surface area contributed by atoms with Gasteiger partial charge in [0.2, 0.25) is 11.8 Å². The van der Waals surface area contributed by atoms with Crippen LogP contribution in [0.2, 0.25) is 5.02 Å². The van der Waals surface area contributed by atoms with E-state index in [1.807, 2.05) is 41.5 Å². The number of carbonyl (C=O) groups excluding carboxylic acids is 2. The Morgan fingerprint density at radius 3 is 2.80 bits per heavy atom. The molecule has 0 bridgehead atoms. The van der Waals surface area contributed by atoms with Crippen LogP contribution in [-0.2, 0) is 20.9 Å². The number of aromatic nitrogens is 2. The van der Waals surface area contributed by atoms with Crippen molar-refractivity contribution in [3.63, 3.8) is 0 Å². The number of morpholine rings is 1. The lowest BCUT2D eigenvalue weighted by atomic mass is 10.1. The second-order valence-electron chi connectivity index (χ2n) is 9.16. The summed E-state index contributed by atoms with van der Waals surface area (Å²) in [6, 6.07) is 8.89. The molecule has 2 aromatic carbocycles. The normalized spacial score (nSPS) is 18.6. The first kappa shape index (κ1) is 23.8. The van der Waals surface area contributed by atoms with Crippen LogP contribution in [0.4, 0.5) is 10.1 Å². The van der Waals surface area contributed by atoms with E-state index in [2.05, 4.69) is 0 Å². The van der Waals surface area contributed by atoms with E-state index in [-0.39, 0.29) is 28.5 Å². The lowest BCUT2D eigenvalue weighted by molar-refractivity contribution is -0.138. The second kappa shape index (κ2) is 9.59. The number of carbonyl (C=O) groups is 2. The summed E-state index contributed by atoms with van der Waals surface area (Å²) in [4.78, 5) is 32.6. The van der Waals surface area contributed by atoms with Crippen molar-refractivity contribution in [3.8, 4) is 11.4 Å². The minimum Gasteiger partial charge on any atom is -0.373 e. The van der Waals surface area contributed by atoms with Gasteiger partial charge in [-0.25, -0.2) is 9.37 Å². The first-order valence-electron chi connectivity index (χ1n) is 12.0. The molecule has 1 atom stereocenters. The van der Waals surface area contributed by atoms with Gasteiger partial charge in [0, 0.05) is 38.2 Å². The quantitative estimate of drug-likeness (QED) is 0.517. The van der Waals surface area contributed by atoms with Gasteiger partial charge in [0.1, 0.15) is 11.6 Å². The van der Waals surface area contributed by atoms with Gasteiger partial charge in [0.15, 0.2) is 0 Å². The number of ether oxygens (including phenoxy) is 1. The number of anilines is 1. The van der Waals surface area contributed by atoms with Gasteiger partial charge >= 0.3 is 0 Å². The molecule has 3 aromatic rings. The van der Waals surface area contributed by atoms with Crippen LogP contribution in [-0.4, -0.2) is 58.6 Å². The average Bonchev–Trinajstić information content (AvgIpc) is 3.41. The summed E-state index contributed by atoms with van der Waals surface area (Å²) in [5, 5.41) is 0.195. The highest BCUT2D eigenvalue weighted by Gasteiger charge is 2.28. The number of halogens is 2. The van der Waals surface area contributed by atoms with Gasteiger partial charge < -0.3 is 19.1 Å². The molecule has 2 amide bonds. The topological polar surface area (TPSA) is 67.7 Å². The second-order valence-corrected chi connectivity index (χ2v) is 9.56.